The van der Waals surface area contributed by atoms with Gasteiger partial charge < -0.3 is 5.11 Å². The molecule has 23 heavy (non-hydrogen) atoms. The van der Waals surface area contributed by atoms with Crippen molar-refractivity contribution < 1.29 is 13.5 Å². The summed E-state index contributed by atoms with van der Waals surface area (Å²) in [5, 5.41) is 10.4. The van der Waals surface area contributed by atoms with Gasteiger partial charge in [-0.3, -0.25) is 4.90 Å². The van der Waals surface area contributed by atoms with Crippen molar-refractivity contribution in [3.8, 4) is 0 Å². The molecule has 130 valence electrons. The molecule has 6 nitrogen and oxygen atoms in total. The molecule has 0 amide bonds. The van der Waals surface area contributed by atoms with Gasteiger partial charge >= 0.3 is 0 Å². The van der Waals surface area contributed by atoms with E-state index in [1.54, 1.807) is 14.1 Å². The van der Waals surface area contributed by atoms with Crippen LogP contribution >= 0.6 is 0 Å². The van der Waals surface area contributed by atoms with Crippen molar-refractivity contribution in [2.75, 3.05) is 46.8 Å². The molecule has 1 fully saturated rings. The maximum absolute atomic E-state index is 12.2. The summed E-state index contributed by atoms with van der Waals surface area (Å²) in [4.78, 5) is 2.14. The van der Waals surface area contributed by atoms with E-state index in [9.17, 15) is 13.5 Å². The highest BCUT2D eigenvalue weighted by atomic mass is 32.2. The van der Waals surface area contributed by atoms with Crippen molar-refractivity contribution in [2.45, 2.75) is 19.4 Å². The first-order chi connectivity index (χ1) is 10.8. The lowest BCUT2D eigenvalue weighted by Crippen LogP contribution is -2.42. The fraction of sp³-hybridized carbons (Fsp3) is 0.625. The van der Waals surface area contributed by atoms with E-state index in [1.807, 2.05) is 31.2 Å². The Balaban J connectivity index is 1.96. The number of aryl methyl sites for hydroxylation is 1. The number of aliphatic hydroxyl groups is 1. The summed E-state index contributed by atoms with van der Waals surface area (Å²) in [6, 6.07) is 7.87. The highest BCUT2D eigenvalue weighted by Crippen LogP contribution is 2.17. The van der Waals surface area contributed by atoms with E-state index in [0.29, 0.717) is 26.2 Å². The lowest BCUT2D eigenvalue weighted by atomic mass is 10.1. The van der Waals surface area contributed by atoms with Gasteiger partial charge in [0.15, 0.2) is 0 Å². The molecule has 1 heterocycles. The summed E-state index contributed by atoms with van der Waals surface area (Å²) in [7, 11) is -0.245. The van der Waals surface area contributed by atoms with Gasteiger partial charge in [-0.2, -0.15) is 17.0 Å². The maximum atomic E-state index is 12.2. The van der Waals surface area contributed by atoms with E-state index < -0.39 is 16.3 Å². The third-order valence-electron chi connectivity index (χ3n) is 4.19. The predicted molar refractivity (Wildman–Crippen MR) is 91.4 cm³/mol. The molecule has 1 atom stereocenters. The van der Waals surface area contributed by atoms with E-state index in [2.05, 4.69) is 4.90 Å². The zero-order valence-electron chi connectivity index (χ0n) is 14.1. The Morgan fingerprint density at radius 1 is 1.22 bits per heavy atom. The molecular weight excluding hydrogens is 314 g/mol. The summed E-state index contributed by atoms with van der Waals surface area (Å²) in [5.41, 5.74) is 2.03. The zero-order chi connectivity index (χ0) is 17.0. The van der Waals surface area contributed by atoms with Crippen LogP contribution in [-0.2, 0) is 10.2 Å². The van der Waals surface area contributed by atoms with E-state index in [1.165, 1.54) is 8.61 Å². The Morgan fingerprint density at radius 3 is 2.61 bits per heavy atom. The number of nitrogens with zero attached hydrogens (tertiary/aromatic N) is 3. The fourth-order valence-electron chi connectivity index (χ4n) is 2.82. The van der Waals surface area contributed by atoms with Crippen LogP contribution in [0.3, 0.4) is 0 Å². The van der Waals surface area contributed by atoms with Gasteiger partial charge in [-0.05, 0) is 25.5 Å². The summed E-state index contributed by atoms with van der Waals surface area (Å²) < 4.78 is 27.2. The Bertz CT molecular complexity index is 619. The standard InChI is InChI=1S/C16H27N3O3S/c1-14-6-4-7-15(12-14)16(20)13-18-8-5-9-19(11-10-18)23(21,22)17(2)3/h4,6-7,12,16,20H,5,8-11,13H2,1-3H3. The maximum Gasteiger partial charge on any atom is 0.281 e. The quantitative estimate of drug-likeness (QED) is 0.862. The van der Waals surface area contributed by atoms with Gasteiger partial charge in [0.2, 0.25) is 0 Å². The minimum Gasteiger partial charge on any atom is -0.387 e. The molecule has 1 aliphatic heterocycles. The average Bonchev–Trinajstić information content (AvgIpc) is 2.73. The second-order valence-corrected chi connectivity index (χ2v) is 8.42. The van der Waals surface area contributed by atoms with Gasteiger partial charge in [-0.15, -0.1) is 0 Å². The molecule has 0 bridgehead atoms. The SMILES string of the molecule is Cc1cccc(C(O)CN2CCCN(S(=O)(=O)N(C)C)CC2)c1. The summed E-state index contributed by atoms with van der Waals surface area (Å²) in [6.07, 6.45) is 0.222. The number of benzene rings is 1. The molecule has 0 radical (unpaired) electrons. The van der Waals surface area contributed by atoms with Crippen molar-refractivity contribution in [3.63, 3.8) is 0 Å². The van der Waals surface area contributed by atoms with Crippen molar-refractivity contribution in [1.29, 1.82) is 0 Å². The minimum absolute atomic E-state index is 0.459. The Morgan fingerprint density at radius 2 is 1.96 bits per heavy atom. The molecule has 1 aromatic carbocycles. The number of aliphatic hydroxyl groups excluding tert-OH is 1. The molecule has 1 aliphatic rings. The molecule has 0 aromatic heterocycles. The Kier molecular flexibility index (Phi) is 6.16. The second kappa shape index (κ2) is 7.72. The van der Waals surface area contributed by atoms with E-state index in [-0.39, 0.29) is 0 Å². The molecule has 1 saturated heterocycles. The molecule has 1 unspecified atom stereocenters. The van der Waals surface area contributed by atoms with Crippen LogP contribution < -0.4 is 0 Å². The Labute approximate surface area is 139 Å². The van der Waals surface area contributed by atoms with Gasteiger partial charge in [0.25, 0.3) is 10.2 Å². The van der Waals surface area contributed by atoms with Crippen molar-refractivity contribution >= 4 is 10.2 Å². The lowest BCUT2D eigenvalue weighted by molar-refractivity contribution is 0.116. The molecule has 0 spiro atoms. The van der Waals surface area contributed by atoms with Gasteiger partial charge in [-0.25, -0.2) is 0 Å². The third kappa shape index (κ3) is 4.74. The van der Waals surface area contributed by atoms with Crippen LogP contribution in [-0.4, -0.2) is 73.9 Å². The van der Waals surface area contributed by atoms with Gasteiger partial charge in [0.1, 0.15) is 0 Å². The Hall–Kier alpha value is -0.990. The van der Waals surface area contributed by atoms with Crippen molar-refractivity contribution in [3.05, 3.63) is 35.4 Å². The molecule has 2 rings (SSSR count). The third-order valence-corrected chi connectivity index (χ3v) is 6.13. The van der Waals surface area contributed by atoms with Crippen LogP contribution in [0.2, 0.25) is 0 Å². The first-order valence-corrected chi connectivity index (χ1v) is 9.35. The van der Waals surface area contributed by atoms with E-state index in [4.69, 9.17) is 0 Å². The molecular formula is C16H27N3O3S. The van der Waals surface area contributed by atoms with Crippen molar-refractivity contribution in [1.82, 2.24) is 13.5 Å². The summed E-state index contributed by atoms with van der Waals surface area (Å²) >= 11 is 0. The van der Waals surface area contributed by atoms with Gasteiger partial charge in [0, 0.05) is 40.3 Å². The zero-order valence-corrected chi connectivity index (χ0v) is 15.0. The number of hydrogen-bond acceptors (Lipinski definition) is 4. The first kappa shape index (κ1) is 18.4. The topological polar surface area (TPSA) is 64.1 Å². The lowest BCUT2D eigenvalue weighted by Gasteiger charge is -2.25. The van der Waals surface area contributed by atoms with Crippen LogP contribution in [0.5, 0.6) is 0 Å². The van der Waals surface area contributed by atoms with Crippen molar-refractivity contribution in [2.24, 2.45) is 0 Å². The number of rotatable bonds is 5. The molecule has 7 heteroatoms. The smallest absolute Gasteiger partial charge is 0.281 e. The monoisotopic (exact) mass is 341 g/mol. The molecule has 0 aliphatic carbocycles. The van der Waals surface area contributed by atoms with Crippen LogP contribution in [0.15, 0.2) is 24.3 Å². The highest BCUT2D eigenvalue weighted by Gasteiger charge is 2.27. The fourth-order valence-corrected chi connectivity index (χ4v) is 3.95. The minimum atomic E-state index is -3.36. The van der Waals surface area contributed by atoms with E-state index in [0.717, 1.165) is 24.1 Å². The number of hydrogen-bond donors (Lipinski definition) is 1. The highest BCUT2D eigenvalue weighted by molar-refractivity contribution is 7.86. The largest absolute Gasteiger partial charge is 0.387 e. The van der Waals surface area contributed by atoms with Crippen LogP contribution in [0.1, 0.15) is 23.7 Å². The summed E-state index contributed by atoms with van der Waals surface area (Å²) in [6.45, 7) is 4.95. The van der Waals surface area contributed by atoms with E-state index >= 15 is 0 Å². The predicted octanol–water partition coefficient (Wildman–Crippen LogP) is 0.843. The normalized spacial score (nSPS) is 19.7. The number of β-amino-alcohol motifs (C(OH)–C–C–N with tert-alkyl or cyclic N) is 1. The van der Waals surface area contributed by atoms with Crippen LogP contribution in [0, 0.1) is 6.92 Å². The van der Waals surface area contributed by atoms with Crippen LogP contribution in [0.25, 0.3) is 0 Å². The summed E-state index contributed by atoms with van der Waals surface area (Å²) in [5.74, 6) is 0. The molecule has 1 aromatic rings. The van der Waals surface area contributed by atoms with Gasteiger partial charge in [-0.1, -0.05) is 29.8 Å². The molecule has 0 saturated carbocycles. The average molecular weight is 341 g/mol. The first-order valence-electron chi connectivity index (χ1n) is 7.95. The van der Waals surface area contributed by atoms with Crippen LogP contribution in [0.4, 0.5) is 0 Å². The molecule has 1 N–H and O–H groups in total. The van der Waals surface area contributed by atoms with Gasteiger partial charge in [0.05, 0.1) is 6.10 Å². The second-order valence-electron chi connectivity index (χ2n) is 6.27.